The Balaban J connectivity index is 1.01. The van der Waals surface area contributed by atoms with Crippen LogP contribution in [-0.4, -0.2) is 30.1 Å². The predicted octanol–water partition coefficient (Wildman–Crippen LogP) is 10.3. The number of rotatable bonds is 13. The molecule has 9 heteroatoms. The average Bonchev–Trinajstić information content (AvgIpc) is 3.23. The maximum absolute atomic E-state index is 12.8. The van der Waals surface area contributed by atoms with Crippen molar-refractivity contribution < 1.29 is 28.8 Å². The van der Waals surface area contributed by atoms with Gasteiger partial charge in [-0.05, 0) is 88.5 Å². The number of urea groups is 1. The largest absolute Gasteiger partial charge is 0.496 e. The minimum atomic E-state index is -0.586. The number of aliphatic hydroxyl groups excluding tert-OH is 1. The monoisotopic (exact) mass is 738 g/mol. The van der Waals surface area contributed by atoms with Gasteiger partial charge in [0.1, 0.15) is 17.2 Å². The van der Waals surface area contributed by atoms with E-state index in [4.69, 9.17) is 18.9 Å². The summed E-state index contributed by atoms with van der Waals surface area (Å²) in [6.07, 6.45) is -0.180. The highest BCUT2D eigenvalue weighted by Gasteiger charge is 2.32. The van der Waals surface area contributed by atoms with E-state index < -0.39 is 6.29 Å². The van der Waals surface area contributed by atoms with Crippen LogP contribution in [0.25, 0.3) is 11.1 Å². The van der Waals surface area contributed by atoms with Gasteiger partial charge in [-0.25, -0.2) is 4.79 Å². The molecule has 1 fully saturated rings. The van der Waals surface area contributed by atoms with Gasteiger partial charge in [-0.1, -0.05) is 91.0 Å². The summed E-state index contributed by atoms with van der Waals surface area (Å²) in [6, 6.07) is 48.8. The van der Waals surface area contributed by atoms with Crippen LogP contribution < -0.4 is 20.1 Å². The summed E-state index contributed by atoms with van der Waals surface area (Å²) in [5.74, 6) is 3.00. The highest BCUT2D eigenvalue weighted by molar-refractivity contribution is 7.99. The summed E-state index contributed by atoms with van der Waals surface area (Å²) in [7, 11) is 1.69. The van der Waals surface area contributed by atoms with E-state index in [1.54, 1.807) is 18.9 Å². The third-order valence-electron chi connectivity index (χ3n) is 9.07. The van der Waals surface area contributed by atoms with Crippen molar-refractivity contribution in [2.45, 2.75) is 43.0 Å². The van der Waals surface area contributed by atoms with Crippen molar-refractivity contribution >= 4 is 23.5 Å². The number of ether oxygens (including phenoxy) is 4. The fourth-order valence-corrected chi connectivity index (χ4v) is 7.31. The first-order valence-corrected chi connectivity index (χ1v) is 18.8. The summed E-state index contributed by atoms with van der Waals surface area (Å²) in [5.41, 5.74) is 6.47. The number of aliphatic hydroxyl groups is 1. The Morgan fingerprint density at radius 1 is 0.741 bits per heavy atom. The molecule has 1 aliphatic rings. The molecule has 6 aromatic carbocycles. The molecule has 0 aromatic heterocycles. The van der Waals surface area contributed by atoms with E-state index in [1.807, 2.05) is 121 Å². The number of carbonyl (C=O) groups is 1. The van der Waals surface area contributed by atoms with E-state index in [1.165, 1.54) is 0 Å². The van der Waals surface area contributed by atoms with E-state index in [-0.39, 0.29) is 24.8 Å². The first-order valence-electron chi connectivity index (χ1n) is 17.9. The lowest BCUT2D eigenvalue weighted by Crippen LogP contribution is -2.31. The highest BCUT2D eigenvalue weighted by atomic mass is 32.2. The molecule has 7 rings (SSSR count). The predicted molar refractivity (Wildman–Crippen MR) is 213 cm³/mol. The molecule has 1 aliphatic heterocycles. The summed E-state index contributed by atoms with van der Waals surface area (Å²) in [4.78, 5) is 13.8. The number of amides is 2. The second-order valence-corrected chi connectivity index (χ2v) is 13.9. The van der Waals surface area contributed by atoms with Crippen molar-refractivity contribution in [3.05, 3.63) is 174 Å². The van der Waals surface area contributed by atoms with Crippen LogP contribution in [0, 0.1) is 0 Å². The van der Waals surface area contributed by atoms with Gasteiger partial charge in [0, 0.05) is 34.9 Å². The van der Waals surface area contributed by atoms with Gasteiger partial charge in [-0.2, -0.15) is 0 Å². The van der Waals surface area contributed by atoms with Crippen molar-refractivity contribution in [3.63, 3.8) is 0 Å². The van der Waals surface area contributed by atoms with Crippen molar-refractivity contribution in [3.8, 4) is 28.4 Å². The summed E-state index contributed by atoms with van der Waals surface area (Å²) < 4.78 is 24.7. The van der Waals surface area contributed by atoms with Gasteiger partial charge < -0.3 is 34.7 Å². The Labute approximate surface area is 320 Å². The number of hydrogen-bond acceptors (Lipinski definition) is 7. The fourth-order valence-electron chi connectivity index (χ4n) is 6.26. The van der Waals surface area contributed by atoms with Gasteiger partial charge in [-0.15, -0.1) is 11.8 Å². The number of hydrogen-bond donors (Lipinski definition) is 3. The van der Waals surface area contributed by atoms with Crippen molar-refractivity contribution in [2.75, 3.05) is 18.2 Å². The van der Waals surface area contributed by atoms with Crippen LogP contribution in [0.15, 0.2) is 157 Å². The molecule has 6 aromatic rings. The maximum atomic E-state index is 12.8. The number of methoxy groups -OCH3 is 1. The molecular formula is C45H42N2O6S. The van der Waals surface area contributed by atoms with Crippen LogP contribution in [0.1, 0.15) is 41.1 Å². The Hall–Kier alpha value is -5.58. The molecule has 8 nitrogen and oxygen atoms in total. The van der Waals surface area contributed by atoms with Crippen LogP contribution in [-0.2, 0) is 22.6 Å². The molecule has 0 bridgehead atoms. The molecule has 0 saturated carbocycles. The molecule has 0 spiro atoms. The van der Waals surface area contributed by atoms with E-state index in [2.05, 4.69) is 41.0 Å². The zero-order valence-corrected chi connectivity index (χ0v) is 30.7. The molecule has 1 saturated heterocycles. The first kappa shape index (κ1) is 36.8. The maximum Gasteiger partial charge on any atom is 0.319 e. The SMILES string of the molecule is COc1ccccc1SC[C@H]1C[C@@H](c2ccc(CO)cc2)O[C@@H](c2cccc(-c3cccc(CNC(=O)Nc4ccc(Oc5ccccc5)cc4)c3)c2)O1. The molecule has 0 radical (unpaired) electrons. The molecule has 2 amide bonds. The smallest absolute Gasteiger partial charge is 0.319 e. The van der Waals surface area contributed by atoms with E-state index in [9.17, 15) is 9.90 Å². The molecule has 274 valence electrons. The molecule has 54 heavy (non-hydrogen) atoms. The van der Waals surface area contributed by atoms with Gasteiger partial charge in [0.2, 0.25) is 0 Å². The van der Waals surface area contributed by atoms with E-state index in [0.717, 1.165) is 55.5 Å². The van der Waals surface area contributed by atoms with Crippen LogP contribution in [0.3, 0.4) is 0 Å². The van der Waals surface area contributed by atoms with Gasteiger partial charge in [-0.3, -0.25) is 0 Å². The van der Waals surface area contributed by atoms with Crippen LogP contribution in [0.4, 0.5) is 10.5 Å². The minimum absolute atomic E-state index is 0.00650. The standard InChI is InChI=1S/C45H42N2O6S/c1-50-41-15-5-6-16-43(41)54-30-40-27-42(33-19-17-31(29-48)18-20-33)53-44(52-40)36-12-8-11-35(26-36)34-10-7-9-32(25-34)28-46-45(49)47-37-21-23-39(24-22-37)51-38-13-3-2-4-14-38/h2-26,40,42,44,48H,27-30H2,1H3,(H2,46,47,49)/t40-,42+,44+/m1/s1. The molecule has 3 N–H and O–H groups in total. The van der Waals surface area contributed by atoms with Crippen LogP contribution in [0.2, 0.25) is 0 Å². The van der Waals surface area contributed by atoms with E-state index >= 15 is 0 Å². The van der Waals surface area contributed by atoms with Crippen LogP contribution >= 0.6 is 11.8 Å². The zero-order valence-electron chi connectivity index (χ0n) is 29.9. The normalized spacial score (nSPS) is 16.7. The molecule has 3 atom stereocenters. The third kappa shape index (κ3) is 9.69. The number of anilines is 1. The van der Waals surface area contributed by atoms with Crippen molar-refractivity contribution in [2.24, 2.45) is 0 Å². The summed E-state index contributed by atoms with van der Waals surface area (Å²) >= 11 is 1.71. The molecule has 0 aliphatic carbocycles. The lowest BCUT2D eigenvalue weighted by Gasteiger charge is -2.36. The Kier molecular flexibility index (Phi) is 12.2. The lowest BCUT2D eigenvalue weighted by atomic mass is 9.99. The van der Waals surface area contributed by atoms with Gasteiger partial charge in [0.05, 0.1) is 25.9 Å². The minimum Gasteiger partial charge on any atom is -0.496 e. The van der Waals surface area contributed by atoms with Gasteiger partial charge in [0.15, 0.2) is 6.29 Å². The van der Waals surface area contributed by atoms with Gasteiger partial charge >= 0.3 is 6.03 Å². The van der Waals surface area contributed by atoms with Gasteiger partial charge in [0.25, 0.3) is 0 Å². The summed E-state index contributed by atoms with van der Waals surface area (Å²) in [5, 5.41) is 15.4. The zero-order chi connectivity index (χ0) is 37.1. The number of thioether (sulfide) groups is 1. The fraction of sp³-hybridized carbons (Fsp3) is 0.178. The molecular weight excluding hydrogens is 697 g/mol. The van der Waals surface area contributed by atoms with Crippen molar-refractivity contribution in [1.82, 2.24) is 5.32 Å². The third-order valence-corrected chi connectivity index (χ3v) is 10.3. The first-order chi connectivity index (χ1) is 26.5. The second-order valence-electron chi connectivity index (χ2n) is 12.9. The molecule has 1 heterocycles. The second kappa shape index (κ2) is 18.0. The topological polar surface area (TPSA) is 98.3 Å². The number of carbonyl (C=O) groups excluding carboxylic acids is 1. The number of benzene rings is 6. The van der Waals surface area contributed by atoms with Crippen LogP contribution in [0.5, 0.6) is 17.2 Å². The molecule has 0 unspecified atom stereocenters. The Morgan fingerprint density at radius 3 is 2.24 bits per heavy atom. The Bertz CT molecular complexity index is 2130. The highest BCUT2D eigenvalue weighted by Crippen LogP contribution is 2.41. The Morgan fingerprint density at radius 2 is 1.46 bits per heavy atom. The number of nitrogens with one attached hydrogen (secondary N) is 2. The lowest BCUT2D eigenvalue weighted by molar-refractivity contribution is -0.245. The number of para-hydroxylation sites is 2. The van der Waals surface area contributed by atoms with E-state index in [0.29, 0.717) is 24.4 Å². The quantitative estimate of drug-likeness (QED) is 0.102. The average molecular weight is 739 g/mol. The van der Waals surface area contributed by atoms with Crippen molar-refractivity contribution in [1.29, 1.82) is 0 Å². The summed E-state index contributed by atoms with van der Waals surface area (Å²) in [6.45, 7) is 0.346.